The summed E-state index contributed by atoms with van der Waals surface area (Å²) in [6.45, 7) is 0.869. The predicted molar refractivity (Wildman–Crippen MR) is 104 cm³/mol. The van der Waals surface area contributed by atoms with E-state index in [1.54, 1.807) is 49.6 Å². The number of ether oxygens (including phenoxy) is 2. The van der Waals surface area contributed by atoms with E-state index in [2.05, 4.69) is 15.0 Å². The number of nitrogens with one attached hydrogen (secondary N) is 2. The van der Waals surface area contributed by atoms with Gasteiger partial charge in [0.05, 0.1) is 25.1 Å². The lowest BCUT2D eigenvalue weighted by Crippen LogP contribution is -2.28. The second kappa shape index (κ2) is 8.75. The topological polar surface area (TPSA) is 106 Å². The van der Waals surface area contributed by atoms with Crippen LogP contribution in [-0.4, -0.2) is 47.0 Å². The van der Waals surface area contributed by atoms with Gasteiger partial charge in [-0.1, -0.05) is 12.1 Å². The molecular weight excluding hydrogens is 382 g/mol. The van der Waals surface area contributed by atoms with Crippen LogP contribution in [0.4, 0.5) is 0 Å². The lowest BCUT2D eigenvalue weighted by molar-refractivity contribution is -0.120. The molecule has 0 unspecified atom stereocenters. The summed E-state index contributed by atoms with van der Waals surface area (Å²) in [5.74, 6) is 1.52. The summed E-state index contributed by atoms with van der Waals surface area (Å²) in [4.78, 5) is 16.3. The lowest BCUT2D eigenvalue weighted by atomic mass is 10.2. The molecule has 1 heterocycles. The second-order valence-corrected chi connectivity index (χ2v) is 7.61. The largest absolute Gasteiger partial charge is 0.497 e. The van der Waals surface area contributed by atoms with Gasteiger partial charge in [-0.2, -0.15) is 0 Å². The normalized spacial score (nSPS) is 15.5. The molecule has 3 rings (SSSR count). The lowest BCUT2D eigenvalue weighted by Gasteiger charge is -2.08. The number of amidine groups is 1. The molecule has 0 fully saturated rings. The minimum atomic E-state index is -3.56. The number of hydrogen-bond donors (Lipinski definition) is 2. The van der Waals surface area contributed by atoms with Crippen LogP contribution >= 0.6 is 0 Å². The van der Waals surface area contributed by atoms with E-state index in [1.807, 2.05) is 0 Å². The first-order valence-corrected chi connectivity index (χ1v) is 10.2. The molecule has 0 aliphatic carbocycles. The number of hydrogen-bond acceptors (Lipinski definition) is 6. The highest BCUT2D eigenvalue weighted by molar-refractivity contribution is 7.90. The molecule has 2 N–H and O–H groups in total. The highest BCUT2D eigenvalue weighted by atomic mass is 32.2. The summed E-state index contributed by atoms with van der Waals surface area (Å²) >= 11 is 0. The van der Waals surface area contributed by atoms with Gasteiger partial charge in [-0.15, -0.1) is 0 Å². The van der Waals surface area contributed by atoms with Gasteiger partial charge in [0.15, 0.2) is 0 Å². The number of amides is 1. The van der Waals surface area contributed by atoms with Gasteiger partial charge in [0, 0.05) is 12.0 Å². The third-order valence-corrected chi connectivity index (χ3v) is 5.42. The van der Waals surface area contributed by atoms with Crippen molar-refractivity contribution in [1.29, 1.82) is 0 Å². The molecule has 1 amide bonds. The second-order valence-electron chi connectivity index (χ2n) is 5.96. The van der Waals surface area contributed by atoms with Gasteiger partial charge in [0.2, 0.25) is 5.91 Å². The summed E-state index contributed by atoms with van der Waals surface area (Å²) in [7, 11) is -1.97. The van der Waals surface area contributed by atoms with Crippen LogP contribution in [0.3, 0.4) is 0 Å². The molecule has 0 radical (unpaired) electrons. The third-order valence-electron chi connectivity index (χ3n) is 4.02. The third kappa shape index (κ3) is 4.80. The number of benzene rings is 2. The van der Waals surface area contributed by atoms with Crippen molar-refractivity contribution in [3.63, 3.8) is 0 Å². The van der Waals surface area contributed by atoms with E-state index in [1.165, 1.54) is 6.07 Å². The van der Waals surface area contributed by atoms with E-state index in [4.69, 9.17) is 9.47 Å². The fourth-order valence-corrected chi connectivity index (χ4v) is 3.89. The highest BCUT2D eigenvalue weighted by Gasteiger charge is 2.29. The first-order chi connectivity index (χ1) is 13.5. The van der Waals surface area contributed by atoms with Gasteiger partial charge in [0.1, 0.15) is 23.9 Å². The van der Waals surface area contributed by atoms with Crippen molar-refractivity contribution in [2.45, 2.75) is 11.3 Å². The quantitative estimate of drug-likeness (QED) is 0.647. The van der Waals surface area contributed by atoms with E-state index in [9.17, 15) is 13.2 Å². The number of sulfonamides is 1. The molecule has 2 aromatic carbocycles. The molecule has 0 spiro atoms. The van der Waals surface area contributed by atoms with Crippen LogP contribution < -0.4 is 19.5 Å². The van der Waals surface area contributed by atoms with Crippen molar-refractivity contribution in [3.8, 4) is 11.5 Å². The van der Waals surface area contributed by atoms with Crippen LogP contribution in [0, 0.1) is 0 Å². The van der Waals surface area contributed by atoms with Gasteiger partial charge < -0.3 is 14.8 Å². The maximum absolute atomic E-state index is 12.0. The Balaban J connectivity index is 1.41. The maximum atomic E-state index is 12.0. The minimum absolute atomic E-state index is 0.149. The number of carbonyl (C=O) groups excluding carboxylic acids is 1. The van der Waals surface area contributed by atoms with Crippen molar-refractivity contribution in [3.05, 3.63) is 54.1 Å². The van der Waals surface area contributed by atoms with Crippen molar-refractivity contribution in [2.75, 3.05) is 26.8 Å². The van der Waals surface area contributed by atoms with Gasteiger partial charge in [-0.3, -0.25) is 14.5 Å². The van der Waals surface area contributed by atoms with Crippen molar-refractivity contribution in [1.82, 2.24) is 10.0 Å². The number of aliphatic imine (C=N–C) groups is 1. The SMILES string of the molecule is COc1ccc(OCCNC(=O)CCN=C2NS(=O)(=O)c3ccccc32)cc1. The van der Waals surface area contributed by atoms with E-state index >= 15 is 0 Å². The number of carbonyl (C=O) groups is 1. The fraction of sp³-hybridized carbons (Fsp3) is 0.263. The molecule has 0 bridgehead atoms. The molecule has 2 aromatic rings. The average Bonchev–Trinajstić information content (AvgIpc) is 2.96. The van der Waals surface area contributed by atoms with Crippen LogP contribution in [0.2, 0.25) is 0 Å². The van der Waals surface area contributed by atoms with Gasteiger partial charge in [0.25, 0.3) is 10.0 Å². The smallest absolute Gasteiger partial charge is 0.263 e. The first kappa shape index (κ1) is 19.7. The van der Waals surface area contributed by atoms with Crippen LogP contribution in [0.5, 0.6) is 11.5 Å². The Morgan fingerprint density at radius 2 is 1.82 bits per heavy atom. The van der Waals surface area contributed by atoms with Crippen molar-refractivity contribution >= 4 is 21.8 Å². The molecule has 0 saturated heterocycles. The summed E-state index contributed by atoms with van der Waals surface area (Å²) in [5.41, 5.74) is 0.524. The molecular formula is C19H21N3O5S. The fourth-order valence-electron chi connectivity index (χ4n) is 2.64. The standard InChI is InChI=1S/C19H21N3O5S/c1-26-14-6-8-15(9-7-14)27-13-12-20-18(23)10-11-21-19-16-4-2-3-5-17(16)28(24,25)22-19/h2-9H,10-13H2,1H3,(H,20,23)(H,21,22). The molecule has 8 nitrogen and oxygen atoms in total. The summed E-state index contributed by atoms with van der Waals surface area (Å²) < 4.78 is 37.0. The summed E-state index contributed by atoms with van der Waals surface area (Å²) in [5, 5.41) is 2.74. The number of methoxy groups -OCH3 is 1. The number of rotatable bonds is 8. The van der Waals surface area contributed by atoms with Crippen LogP contribution in [0.15, 0.2) is 58.4 Å². The molecule has 0 aromatic heterocycles. The molecule has 1 aliphatic rings. The predicted octanol–water partition coefficient (Wildman–Crippen LogP) is 1.32. The van der Waals surface area contributed by atoms with Crippen molar-refractivity contribution in [2.24, 2.45) is 4.99 Å². The van der Waals surface area contributed by atoms with E-state index in [-0.39, 0.29) is 29.6 Å². The van der Waals surface area contributed by atoms with Crippen molar-refractivity contribution < 1.29 is 22.7 Å². The Kier molecular flexibility index (Phi) is 6.15. The van der Waals surface area contributed by atoms with Crippen LogP contribution in [0.1, 0.15) is 12.0 Å². The van der Waals surface area contributed by atoms with E-state index < -0.39 is 10.0 Å². The summed E-state index contributed by atoms with van der Waals surface area (Å²) in [6.07, 6.45) is 0.149. The molecule has 0 saturated carbocycles. The van der Waals surface area contributed by atoms with Gasteiger partial charge in [-0.05, 0) is 36.4 Å². The minimum Gasteiger partial charge on any atom is -0.497 e. The van der Waals surface area contributed by atoms with Gasteiger partial charge >= 0.3 is 0 Å². The van der Waals surface area contributed by atoms with Crippen LogP contribution in [0.25, 0.3) is 0 Å². The average molecular weight is 403 g/mol. The Morgan fingerprint density at radius 3 is 2.57 bits per heavy atom. The maximum Gasteiger partial charge on any atom is 0.263 e. The molecule has 28 heavy (non-hydrogen) atoms. The molecule has 0 atom stereocenters. The number of fused-ring (bicyclic) bond motifs is 1. The Bertz CT molecular complexity index is 971. The van der Waals surface area contributed by atoms with E-state index in [0.29, 0.717) is 24.5 Å². The zero-order valence-corrected chi connectivity index (χ0v) is 16.2. The summed E-state index contributed by atoms with van der Waals surface area (Å²) in [6, 6.07) is 13.8. The molecule has 9 heteroatoms. The zero-order chi connectivity index (χ0) is 20.0. The Hall–Kier alpha value is -3.07. The first-order valence-electron chi connectivity index (χ1n) is 8.70. The van der Waals surface area contributed by atoms with Gasteiger partial charge in [-0.25, -0.2) is 8.42 Å². The molecule has 1 aliphatic heterocycles. The highest BCUT2D eigenvalue weighted by Crippen LogP contribution is 2.22. The zero-order valence-electron chi connectivity index (χ0n) is 15.3. The van der Waals surface area contributed by atoms with E-state index in [0.717, 1.165) is 5.75 Å². The monoisotopic (exact) mass is 403 g/mol. The van der Waals surface area contributed by atoms with Crippen LogP contribution in [-0.2, 0) is 14.8 Å². The number of nitrogens with zero attached hydrogens (tertiary/aromatic N) is 1. The Morgan fingerprint density at radius 1 is 1.11 bits per heavy atom. The molecule has 148 valence electrons. The Labute approximate surface area is 163 Å².